The molecule has 0 aromatic heterocycles. The first-order valence-corrected chi connectivity index (χ1v) is 16.6. The zero-order valence-electron chi connectivity index (χ0n) is 23.2. The highest BCUT2D eigenvalue weighted by molar-refractivity contribution is 6.72. The molecule has 2 aliphatic rings. The van der Waals surface area contributed by atoms with Gasteiger partial charge in [0.1, 0.15) is 11.9 Å². The van der Waals surface area contributed by atoms with Gasteiger partial charge in [0.15, 0.2) is 0 Å². The van der Waals surface area contributed by atoms with Crippen LogP contribution < -0.4 is 15.0 Å². The lowest BCUT2D eigenvalue weighted by Gasteiger charge is -2.43. The van der Waals surface area contributed by atoms with Crippen LogP contribution >= 0.6 is 0 Å². The van der Waals surface area contributed by atoms with Gasteiger partial charge in [-0.05, 0) is 36.9 Å². The third-order valence-corrected chi connectivity index (χ3v) is 10.1. The van der Waals surface area contributed by atoms with Crippen molar-refractivity contribution in [1.29, 1.82) is 0 Å². The van der Waals surface area contributed by atoms with Crippen molar-refractivity contribution in [1.82, 2.24) is 10.2 Å². The number of nitrogens with one attached hydrogen (secondary N) is 1. The number of hydrogen-bond acceptors (Lipinski definition) is 6. The number of benzene rings is 2. The van der Waals surface area contributed by atoms with Crippen LogP contribution in [-0.4, -0.2) is 76.2 Å². The van der Waals surface area contributed by atoms with Gasteiger partial charge in [0.25, 0.3) is 0 Å². The first-order valence-electron chi connectivity index (χ1n) is 13.6. The molecule has 0 bridgehead atoms. The van der Waals surface area contributed by atoms with Crippen molar-refractivity contribution >= 4 is 25.9 Å². The molecule has 10 heteroatoms. The lowest BCUT2D eigenvalue weighted by atomic mass is 9.86. The van der Waals surface area contributed by atoms with Gasteiger partial charge in [0.05, 0.1) is 19.3 Å². The standard InChI is InChI=1S/C29H40FN3O5Si/c1-20-28(37-2)23-16-22(33-13-12-31-18-27(33)36)10-11-24(23)38-29(20)25(39(3,4)30)17-26(35)32(14-15-34)19-21-8-6-5-7-9-21/h5-11,16,20,25,28-29,31,34H,12-15,17-19H2,1-4H3/t20-,25?,28-,29-/m0/s1. The molecule has 4 atom stereocenters. The molecule has 2 amide bonds. The summed E-state index contributed by atoms with van der Waals surface area (Å²) in [6.45, 7) is 7.14. The molecule has 2 heterocycles. The molecule has 2 aromatic carbocycles. The third-order valence-electron chi connectivity index (χ3n) is 7.83. The molecule has 0 aliphatic carbocycles. The average Bonchev–Trinajstić information content (AvgIpc) is 2.91. The smallest absolute Gasteiger partial charge is 0.248 e. The maximum absolute atomic E-state index is 16.0. The topological polar surface area (TPSA) is 91.3 Å². The number of aliphatic hydroxyl groups is 1. The summed E-state index contributed by atoms with van der Waals surface area (Å²) in [7, 11) is -1.78. The van der Waals surface area contributed by atoms with E-state index in [1.807, 2.05) is 55.5 Å². The van der Waals surface area contributed by atoms with Crippen LogP contribution in [0.25, 0.3) is 0 Å². The van der Waals surface area contributed by atoms with Gasteiger partial charge in [-0.2, -0.15) is 0 Å². The van der Waals surface area contributed by atoms with Gasteiger partial charge in [0, 0.05) is 62.4 Å². The van der Waals surface area contributed by atoms with E-state index in [4.69, 9.17) is 9.47 Å². The van der Waals surface area contributed by atoms with E-state index >= 15 is 4.11 Å². The Kier molecular flexibility index (Phi) is 9.42. The second kappa shape index (κ2) is 12.6. The Morgan fingerprint density at radius 1 is 1.28 bits per heavy atom. The summed E-state index contributed by atoms with van der Waals surface area (Å²) in [5.74, 6) is 0.143. The van der Waals surface area contributed by atoms with E-state index in [9.17, 15) is 14.7 Å². The molecule has 1 saturated heterocycles. The van der Waals surface area contributed by atoms with Crippen molar-refractivity contribution in [2.45, 2.75) is 50.7 Å². The minimum atomic E-state index is -3.40. The summed E-state index contributed by atoms with van der Waals surface area (Å²) in [6.07, 6.45) is -0.975. The van der Waals surface area contributed by atoms with E-state index in [0.29, 0.717) is 25.4 Å². The van der Waals surface area contributed by atoms with Gasteiger partial charge in [-0.1, -0.05) is 37.3 Å². The van der Waals surface area contributed by atoms with Crippen LogP contribution in [0.2, 0.25) is 18.6 Å². The molecule has 0 saturated carbocycles. The SMILES string of the molecule is CO[C@@H]1c2cc(N3CCNCC3=O)ccc2O[C@H](C(CC(=O)N(CCO)Cc2ccccc2)[Si](C)(C)F)[C@H]1C. The number of methoxy groups -OCH3 is 1. The number of fused-ring (bicyclic) bond motifs is 1. The van der Waals surface area contributed by atoms with Crippen molar-refractivity contribution < 1.29 is 28.3 Å². The largest absolute Gasteiger partial charge is 0.490 e. The maximum atomic E-state index is 16.0. The van der Waals surface area contributed by atoms with Gasteiger partial charge >= 0.3 is 0 Å². The minimum Gasteiger partial charge on any atom is -0.490 e. The molecule has 4 rings (SSSR count). The number of ether oxygens (including phenoxy) is 2. The van der Waals surface area contributed by atoms with Crippen LogP contribution in [0, 0.1) is 5.92 Å². The predicted molar refractivity (Wildman–Crippen MR) is 151 cm³/mol. The molecule has 0 spiro atoms. The highest BCUT2D eigenvalue weighted by Gasteiger charge is 2.48. The number of aliphatic hydroxyl groups excluding tert-OH is 1. The number of carbonyl (C=O) groups is 2. The Balaban J connectivity index is 1.59. The van der Waals surface area contributed by atoms with E-state index in [1.165, 1.54) is 0 Å². The number of nitrogens with zero attached hydrogens (tertiary/aromatic N) is 2. The molecule has 2 aliphatic heterocycles. The average molecular weight is 558 g/mol. The van der Waals surface area contributed by atoms with Crippen molar-refractivity contribution in [3.63, 3.8) is 0 Å². The number of halogens is 1. The predicted octanol–water partition coefficient (Wildman–Crippen LogP) is 3.66. The molecule has 0 radical (unpaired) electrons. The Labute approximate surface area is 231 Å². The van der Waals surface area contributed by atoms with E-state index in [-0.39, 0.29) is 43.4 Å². The summed E-state index contributed by atoms with van der Waals surface area (Å²) in [6, 6.07) is 15.2. The summed E-state index contributed by atoms with van der Waals surface area (Å²) >= 11 is 0. The Morgan fingerprint density at radius 3 is 2.67 bits per heavy atom. The fourth-order valence-corrected chi connectivity index (χ4v) is 7.51. The number of piperazine rings is 1. The second-order valence-electron chi connectivity index (χ2n) is 10.9. The van der Waals surface area contributed by atoms with Gasteiger partial charge in [-0.15, -0.1) is 0 Å². The summed E-state index contributed by atoms with van der Waals surface area (Å²) < 4.78 is 28.4. The number of carbonyl (C=O) groups excluding carboxylic acids is 2. The third kappa shape index (κ3) is 6.68. The van der Waals surface area contributed by atoms with E-state index in [1.54, 1.807) is 30.0 Å². The van der Waals surface area contributed by atoms with Crippen LogP contribution in [0.15, 0.2) is 48.5 Å². The van der Waals surface area contributed by atoms with Crippen LogP contribution in [0.1, 0.15) is 30.6 Å². The molecule has 8 nitrogen and oxygen atoms in total. The highest BCUT2D eigenvalue weighted by atomic mass is 28.4. The molecule has 2 N–H and O–H groups in total. The summed E-state index contributed by atoms with van der Waals surface area (Å²) in [5, 5.41) is 12.7. The summed E-state index contributed by atoms with van der Waals surface area (Å²) in [5.41, 5.74) is 1.92. The molecule has 212 valence electrons. The molecule has 1 unspecified atom stereocenters. The Bertz CT molecular complexity index is 1150. The van der Waals surface area contributed by atoms with Gasteiger partial charge in [-0.25, -0.2) is 0 Å². The van der Waals surface area contributed by atoms with E-state index in [2.05, 4.69) is 5.32 Å². The quantitative estimate of drug-likeness (QED) is 0.342. The van der Waals surface area contributed by atoms with Crippen molar-refractivity contribution in [2.75, 3.05) is 44.8 Å². The second-order valence-corrected chi connectivity index (χ2v) is 14.8. The molecule has 1 fully saturated rings. The zero-order chi connectivity index (χ0) is 28.2. The number of anilines is 1. The van der Waals surface area contributed by atoms with Gasteiger partial charge in [0.2, 0.25) is 20.2 Å². The molecule has 39 heavy (non-hydrogen) atoms. The lowest BCUT2D eigenvalue weighted by Crippen LogP contribution is -2.49. The van der Waals surface area contributed by atoms with E-state index in [0.717, 1.165) is 23.4 Å². The van der Waals surface area contributed by atoms with Gasteiger partial charge in [-0.3, -0.25) is 9.59 Å². The first kappa shape index (κ1) is 29.2. The van der Waals surface area contributed by atoms with Crippen LogP contribution in [0.4, 0.5) is 9.80 Å². The summed E-state index contributed by atoms with van der Waals surface area (Å²) in [4.78, 5) is 29.3. The molecular weight excluding hydrogens is 517 g/mol. The van der Waals surface area contributed by atoms with Crippen molar-refractivity contribution in [3.05, 3.63) is 59.7 Å². The number of amides is 2. The molecule has 2 aromatic rings. The van der Waals surface area contributed by atoms with Gasteiger partial charge < -0.3 is 33.8 Å². The number of rotatable bonds is 10. The fourth-order valence-electron chi connectivity index (χ4n) is 5.70. The fraction of sp³-hybridized carbons (Fsp3) is 0.517. The highest BCUT2D eigenvalue weighted by Crippen LogP contribution is 2.48. The maximum Gasteiger partial charge on any atom is 0.248 e. The Hall–Kier alpha value is -2.79. The number of hydrogen-bond donors (Lipinski definition) is 2. The monoisotopic (exact) mass is 557 g/mol. The Morgan fingerprint density at radius 2 is 2.03 bits per heavy atom. The zero-order valence-corrected chi connectivity index (χ0v) is 24.2. The van der Waals surface area contributed by atoms with Crippen molar-refractivity contribution in [2.24, 2.45) is 5.92 Å². The van der Waals surface area contributed by atoms with Crippen molar-refractivity contribution in [3.8, 4) is 5.75 Å². The normalized spacial score (nSPS) is 22.2. The molecular formula is C29H40FN3O5Si. The van der Waals surface area contributed by atoms with Crippen LogP contribution in [0.3, 0.4) is 0 Å². The first-order chi connectivity index (χ1) is 18.6. The lowest BCUT2D eigenvalue weighted by molar-refractivity contribution is -0.133. The minimum absolute atomic E-state index is 0.00418. The van der Waals surface area contributed by atoms with E-state index < -0.39 is 20.1 Å². The van der Waals surface area contributed by atoms with Crippen LogP contribution in [-0.2, 0) is 20.9 Å². The van der Waals surface area contributed by atoms with Crippen LogP contribution in [0.5, 0.6) is 5.75 Å².